The molecule has 1 N–H and O–H groups in total. The molecule has 1 aromatic carbocycles. The van der Waals surface area contributed by atoms with Crippen molar-refractivity contribution >= 4 is 38.5 Å². The molecular weight excluding hydrogens is 419 g/mol. The highest BCUT2D eigenvalue weighted by Crippen LogP contribution is 2.28. The summed E-state index contributed by atoms with van der Waals surface area (Å²) in [5.74, 6) is 0. The first-order valence-electron chi connectivity index (χ1n) is 6.18. The number of rotatable bonds is 4. The molecule has 0 saturated heterocycles. The van der Waals surface area contributed by atoms with Gasteiger partial charge in [-0.25, -0.2) is 0 Å². The summed E-state index contributed by atoms with van der Waals surface area (Å²) in [5, 5.41) is 14.9. The monoisotopic (exact) mass is 434 g/mol. The Hall–Kier alpha value is -0.400. The quantitative estimate of drug-likeness (QED) is 0.742. The normalized spacial score (nSPS) is 12.7. The van der Waals surface area contributed by atoms with E-state index < -0.39 is 6.10 Å². The Balaban J connectivity index is 2.29. The Labute approximate surface area is 135 Å². The maximum Gasteiger partial charge on any atom is 0.0855 e. The predicted octanol–water partition coefficient (Wildman–Crippen LogP) is 3.85. The van der Waals surface area contributed by atoms with Gasteiger partial charge in [-0.2, -0.15) is 5.10 Å². The highest BCUT2D eigenvalue weighted by Gasteiger charge is 2.18. The Morgan fingerprint density at radius 3 is 2.74 bits per heavy atom. The van der Waals surface area contributed by atoms with Crippen LogP contribution in [0.2, 0.25) is 0 Å². The van der Waals surface area contributed by atoms with Crippen LogP contribution in [0.1, 0.15) is 30.0 Å². The van der Waals surface area contributed by atoms with E-state index in [0.717, 1.165) is 31.5 Å². The van der Waals surface area contributed by atoms with Gasteiger partial charge in [-0.05, 0) is 64.0 Å². The summed E-state index contributed by atoms with van der Waals surface area (Å²) in [7, 11) is 0. The standard InChI is InChI=1S/C14H16BrIN2O/c1-3-18-12(14(15)9(2)17-18)8-13(19)10-6-4-5-7-11(10)16/h4-7,13,19H,3,8H2,1-2H3. The second-order valence-corrected chi connectivity index (χ2v) is 6.36. The molecule has 2 rings (SSSR count). The van der Waals surface area contributed by atoms with Crippen molar-refractivity contribution in [3.8, 4) is 0 Å². The first-order chi connectivity index (χ1) is 9.04. The summed E-state index contributed by atoms with van der Waals surface area (Å²) < 4.78 is 4.03. The minimum Gasteiger partial charge on any atom is -0.388 e. The second kappa shape index (κ2) is 6.37. The van der Waals surface area contributed by atoms with Crippen LogP contribution in [-0.4, -0.2) is 14.9 Å². The molecule has 0 aliphatic heterocycles. The molecule has 102 valence electrons. The fourth-order valence-electron chi connectivity index (χ4n) is 2.10. The molecule has 0 aliphatic carbocycles. The Bertz CT molecular complexity index is 583. The van der Waals surface area contributed by atoms with Gasteiger partial charge in [-0.3, -0.25) is 4.68 Å². The van der Waals surface area contributed by atoms with E-state index in [2.05, 4.69) is 50.5 Å². The van der Waals surface area contributed by atoms with Crippen molar-refractivity contribution in [3.05, 3.63) is 49.3 Å². The number of hydrogen-bond acceptors (Lipinski definition) is 2. The Kier molecular flexibility index (Phi) is 5.03. The minimum absolute atomic E-state index is 0.509. The molecule has 0 fully saturated rings. The van der Waals surface area contributed by atoms with Crippen molar-refractivity contribution in [1.82, 2.24) is 9.78 Å². The molecule has 3 nitrogen and oxygen atoms in total. The van der Waals surface area contributed by atoms with Crippen LogP contribution < -0.4 is 0 Å². The number of hydrogen-bond donors (Lipinski definition) is 1. The predicted molar refractivity (Wildman–Crippen MR) is 88.2 cm³/mol. The molecule has 0 amide bonds. The highest BCUT2D eigenvalue weighted by atomic mass is 127. The van der Waals surface area contributed by atoms with E-state index in [9.17, 15) is 5.11 Å². The van der Waals surface area contributed by atoms with Crippen LogP contribution in [0, 0.1) is 10.5 Å². The number of benzene rings is 1. The molecular formula is C14H16BrIN2O. The summed E-state index contributed by atoms with van der Waals surface area (Å²) in [4.78, 5) is 0. The fraction of sp³-hybridized carbons (Fsp3) is 0.357. The zero-order chi connectivity index (χ0) is 14.0. The zero-order valence-corrected chi connectivity index (χ0v) is 14.6. The second-order valence-electron chi connectivity index (χ2n) is 4.40. The van der Waals surface area contributed by atoms with Crippen molar-refractivity contribution in [2.45, 2.75) is 32.9 Å². The Morgan fingerprint density at radius 2 is 2.11 bits per heavy atom. The van der Waals surface area contributed by atoms with Crippen LogP contribution in [0.4, 0.5) is 0 Å². The molecule has 2 aromatic rings. The number of halogens is 2. The van der Waals surface area contributed by atoms with Crippen LogP contribution in [-0.2, 0) is 13.0 Å². The summed E-state index contributed by atoms with van der Waals surface area (Å²) >= 11 is 5.82. The van der Waals surface area contributed by atoms with Gasteiger partial charge in [-0.1, -0.05) is 18.2 Å². The SMILES string of the molecule is CCn1nc(C)c(Br)c1CC(O)c1ccccc1I. The topological polar surface area (TPSA) is 38.0 Å². The average molecular weight is 435 g/mol. The van der Waals surface area contributed by atoms with Gasteiger partial charge in [0.1, 0.15) is 0 Å². The molecule has 19 heavy (non-hydrogen) atoms. The van der Waals surface area contributed by atoms with Crippen molar-refractivity contribution in [2.24, 2.45) is 0 Å². The van der Waals surface area contributed by atoms with Gasteiger partial charge in [0.05, 0.1) is 22.0 Å². The number of aliphatic hydroxyl groups excluding tert-OH is 1. The smallest absolute Gasteiger partial charge is 0.0855 e. The third-order valence-corrected chi connectivity index (χ3v) is 5.12. The van der Waals surface area contributed by atoms with Crippen molar-refractivity contribution in [1.29, 1.82) is 0 Å². The molecule has 5 heteroatoms. The Morgan fingerprint density at radius 1 is 1.42 bits per heavy atom. The molecule has 0 aliphatic rings. The van der Waals surface area contributed by atoms with Crippen LogP contribution in [0.25, 0.3) is 0 Å². The molecule has 1 heterocycles. The van der Waals surface area contributed by atoms with Crippen LogP contribution in [0.5, 0.6) is 0 Å². The summed E-state index contributed by atoms with van der Waals surface area (Å²) in [6, 6.07) is 7.92. The lowest BCUT2D eigenvalue weighted by Crippen LogP contribution is -2.09. The minimum atomic E-state index is -0.509. The first kappa shape index (κ1) is 15.0. The van der Waals surface area contributed by atoms with Crippen molar-refractivity contribution in [2.75, 3.05) is 0 Å². The van der Waals surface area contributed by atoms with Crippen molar-refractivity contribution < 1.29 is 5.11 Å². The summed E-state index contributed by atoms with van der Waals surface area (Å²) in [6.07, 6.45) is 0.0562. The van der Waals surface area contributed by atoms with E-state index in [4.69, 9.17) is 0 Å². The molecule has 1 aromatic heterocycles. The average Bonchev–Trinajstić information content (AvgIpc) is 2.67. The number of aromatic nitrogens is 2. The number of nitrogens with zero attached hydrogens (tertiary/aromatic N) is 2. The lowest BCUT2D eigenvalue weighted by Gasteiger charge is -2.14. The first-order valence-corrected chi connectivity index (χ1v) is 8.06. The third kappa shape index (κ3) is 3.20. The van der Waals surface area contributed by atoms with E-state index >= 15 is 0 Å². The van der Waals surface area contributed by atoms with Gasteiger partial charge in [0.15, 0.2) is 0 Å². The highest BCUT2D eigenvalue weighted by molar-refractivity contribution is 14.1. The van der Waals surface area contributed by atoms with Gasteiger partial charge in [0.25, 0.3) is 0 Å². The summed E-state index contributed by atoms with van der Waals surface area (Å²) in [5.41, 5.74) is 2.98. The maximum absolute atomic E-state index is 10.4. The van der Waals surface area contributed by atoms with Crippen LogP contribution in [0.15, 0.2) is 28.7 Å². The molecule has 1 atom stereocenters. The zero-order valence-electron chi connectivity index (χ0n) is 10.9. The van der Waals surface area contributed by atoms with E-state index in [1.54, 1.807) is 0 Å². The largest absolute Gasteiger partial charge is 0.388 e. The lowest BCUT2D eigenvalue weighted by molar-refractivity contribution is 0.174. The molecule has 0 spiro atoms. The van der Waals surface area contributed by atoms with E-state index in [0.29, 0.717) is 6.42 Å². The van der Waals surface area contributed by atoms with E-state index in [1.165, 1.54) is 0 Å². The lowest BCUT2D eigenvalue weighted by atomic mass is 10.0. The van der Waals surface area contributed by atoms with Gasteiger partial charge < -0.3 is 5.11 Å². The number of aryl methyl sites for hydroxylation is 2. The molecule has 1 unspecified atom stereocenters. The third-order valence-electron chi connectivity index (χ3n) is 3.10. The fourth-order valence-corrected chi connectivity index (χ4v) is 3.30. The maximum atomic E-state index is 10.4. The van der Waals surface area contributed by atoms with E-state index in [-0.39, 0.29) is 0 Å². The van der Waals surface area contributed by atoms with Crippen LogP contribution in [0.3, 0.4) is 0 Å². The molecule has 0 bridgehead atoms. The van der Waals surface area contributed by atoms with Gasteiger partial charge in [-0.15, -0.1) is 0 Å². The van der Waals surface area contributed by atoms with Crippen molar-refractivity contribution in [3.63, 3.8) is 0 Å². The van der Waals surface area contributed by atoms with E-state index in [1.807, 2.05) is 35.9 Å². The molecule has 0 saturated carbocycles. The van der Waals surface area contributed by atoms with Gasteiger partial charge >= 0.3 is 0 Å². The van der Waals surface area contributed by atoms with Gasteiger partial charge in [0, 0.05) is 16.5 Å². The molecule has 0 radical (unpaired) electrons. The van der Waals surface area contributed by atoms with Crippen LogP contribution >= 0.6 is 38.5 Å². The number of aliphatic hydroxyl groups is 1. The van der Waals surface area contributed by atoms with Gasteiger partial charge in [0.2, 0.25) is 0 Å². The summed E-state index contributed by atoms with van der Waals surface area (Å²) in [6.45, 7) is 4.83.